The van der Waals surface area contributed by atoms with E-state index < -0.39 is 0 Å². The maximum Gasteiger partial charge on any atom is 0.292 e. The van der Waals surface area contributed by atoms with Crippen molar-refractivity contribution in [2.45, 2.75) is 34.1 Å². The summed E-state index contributed by atoms with van der Waals surface area (Å²) in [5.41, 5.74) is 2.42. The molecule has 3 aromatic heterocycles. The molecule has 0 radical (unpaired) electrons. The molecule has 3 aromatic rings. The number of nitrogens with one attached hydrogen (secondary N) is 1. The van der Waals surface area contributed by atoms with Gasteiger partial charge in [0.1, 0.15) is 11.6 Å². The van der Waals surface area contributed by atoms with Gasteiger partial charge in [-0.15, -0.1) is 0 Å². The summed E-state index contributed by atoms with van der Waals surface area (Å²) in [6.45, 7) is 7.59. The number of carbonyl (C=O) groups excluding carboxylic acids is 1. The smallest absolute Gasteiger partial charge is 0.292 e. The minimum atomic E-state index is -0.333. The minimum absolute atomic E-state index is 0.263. The number of rotatable bonds is 4. The SMILES string of the molecule is CCc1ccc(C(=O)Nc2cc(C)nn2-c2nc(C)cc(C)n2)o1. The summed E-state index contributed by atoms with van der Waals surface area (Å²) in [5.74, 6) is 1.61. The molecule has 3 rings (SSSR count). The quantitative estimate of drug-likeness (QED) is 0.797. The molecule has 7 heteroatoms. The van der Waals surface area contributed by atoms with Gasteiger partial charge in [0.15, 0.2) is 5.76 Å². The molecule has 1 amide bonds. The van der Waals surface area contributed by atoms with E-state index in [0.29, 0.717) is 11.8 Å². The zero-order chi connectivity index (χ0) is 17.3. The zero-order valence-corrected chi connectivity index (χ0v) is 14.1. The average molecular weight is 325 g/mol. The van der Waals surface area contributed by atoms with Gasteiger partial charge in [0.2, 0.25) is 0 Å². The highest BCUT2D eigenvalue weighted by molar-refractivity contribution is 6.01. The number of hydrogen-bond donors (Lipinski definition) is 1. The molecule has 0 bridgehead atoms. The normalized spacial score (nSPS) is 10.8. The second-order valence-electron chi connectivity index (χ2n) is 5.61. The Balaban J connectivity index is 1.93. The summed E-state index contributed by atoms with van der Waals surface area (Å²) in [6, 6.07) is 7.11. The fourth-order valence-corrected chi connectivity index (χ4v) is 2.41. The number of anilines is 1. The first-order valence-electron chi connectivity index (χ1n) is 7.75. The Morgan fingerprint density at radius 1 is 1.12 bits per heavy atom. The van der Waals surface area contributed by atoms with Crippen LogP contribution in [0.5, 0.6) is 0 Å². The van der Waals surface area contributed by atoms with E-state index in [-0.39, 0.29) is 11.7 Å². The van der Waals surface area contributed by atoms with Crippen molar-refractivity contribution < 1.29 is 9.21 Å². The number of furan rings is 1. The molecule has 3 heterocycles. The Labute approximate surface area is 139 Å². The van der Waals surface area contributed by atoms with Crippen LogP contribution in [0, 0.1) is 20.8 Å². The van der Waals surface area contributed by atoms with E-state index in [4.69, 9.17) is 4.42 Å². The summed E-state index contributed by atoms with van der Waals surface area (Å²) in [4.78, 5) is 21.2. The van der Waals surface area contributed by atoms with Gasteiger partial charge in [-0.25, -0.2) is 9.97 Å². The molecule has 124 valence electrons. The molecule has 0 unspecified atom stereocenters. The molecule has 0 aliphatic heterocycles. The summed E-state index contributed by atoms with van der Waals surface area (Å²) in [5, 5.41) is 7.19. The number of aryl methyl sites for hydroxylation is 4. The number of carbonyl (C=O) groups is 1. The van der Waals surface area contributed by atoms with Crippen LogP contribution in [0.15, 0.2) is 28.7 Å². The number of amides is 1. The van der Waals surface area contributed by atoms with Crippen LogP contribution in [0.1, 0.15) is 40.3 Å². The van der Waals surface area contributed by atoms with Crippen molar-refractivity contribution in [2.24, 2.45) is 0 Å². The predicted octanol–water partition coefficient (Wildman–Crippen LogP) is 3.00. The highest BCUT2D eigenvalue weighted by atomic mass is 16.3. The van der Waals surface area contributed by atoms with E-state index in [1.54, 1.807) is 18.2 Å². The van der Waals surface area contributed by atoms with E-state index in [2.05, 4.69) is 20.4 Å². The third-order valence-electron chi connectivity index (χ3n) is 3.47. The van der Waals surface area contributed by atoms with Crippen molar-refractivity contribution in [3.8, 4) is 5.95 Å². The lowest BCUT2D eigenvalue weighted by Gasteiger charge is -2.08. The molecule has 24 heavy (non-hydrogen) atoms. The van der Waals surface area contributed by atoms with Gasteiger partial charge in [0, 0.05) is 23.9 Å². The Bertz CT molecular complexity index is 874. The molecule has 0 aromatic carbocycles. The summed E-state index contributed by atoms with van der Waals surface area (Å²) < 4.78 is 7.01. The molecular formula is C17H19N5O2. The summed E-state index contributed by atoms with van der Waals surface area (Å²) in [6.07, 6.45) is 0.737. The fourth-order valence-electron chi connectivity index (χ4n) is 2.41. The zero-order valence-electron chi connectivity index (χ0n) is 14.1. The van der Waals surface area contributed by atoms with Crippen LogP contribution in [-0.4, -0.2) is 25.7 Å². The fraction of sp³-hybridized carbons (Fsp3) is 0.294. The van der Waals surface area contributed by atoms with Crippen LogP contribution in [0.25, 0.3) is 5.95 Å². The Morgan fingerprint density at radius 2 is 1.83 bits per heavy atom. The molecule has 1 N–H and O–H groups in total. The number of nitrogens with zero attached hydrogens (tertiary/aromatic N) is 4. The highest BCUT2D eigenvalue weighted by Crippen LogP contribution is 2.17. The third-order valence-corrected chi connectivity index (χ3v) is 3.47. The van der Waals surface area contributed by atoms with Gasteiger partial charge in [-0.05, 0) is 39.0 Å². The van der Waals surface area contributed by atoms with Crippen LogP contribution in [0.2, 0.25) is 0 Å². The third kappa shape index (κ3) is 3.19. The first-order valence-corrected chi connectivity index (χ1v) is 7.75. The monoisotopic (exact) mass is 325 g/mol. The molecule has 0 aliphatic rings. The summed E-state index contributed by atoms with van der Waals surface area (Å²) >= 11 is 0. The topological polar surface area (TPSA) is 85.8 Å². The molecular weight excluding hydrogens is 306 g/mol. The van der Waals surface area contributed by atoms with Crippen molar-refractivity contribution in [1.29, 1.82) is 0 Å². The first kappa shape index (κ1) is 15.9. The van der Waals surface area contributed by atoms with Gasteiger partial charge in [-0.2, -0.15) is 9.78 Å². The lowest BCUT2D eigenvalue weighted by atomic mass is 10.3. The van der Waals surface area contributed by atoms with Crippen molar-refractivity contribution in [3.05, 3.63) is 52.9 Å². The van der Waals surface area contributed by atoms with E-state index in [9.17, 15) is 4.79 Å². The molecule has 0 fully saturated rings. The molecule has 0 atom stereocenters. The van der Waals surface area contributed by atoms with Crippen LogP contribution < -0.4 is 5.32 Å². The second-order valence-corrected chi connectivity index (χ2v) is 5.61. The lowest BCUT2D eigenvalue weighted by Crippen LogP contribution is -2.16. The maximum atomic E-state index is 12.4. The minimum Gasteiger partial charge on any atom is -0.456 e. The second kappa shape index (κ2) is 6.27. The van der Waals surface area contributed by atoms with Crippen molar-refractivity contribution in [3.63, 3.8) is 0 Å². The van der Waals surface area contributed by atoms with Crippen LogP contribution in [-0.2, 0) is 6.42 Å². The standard InChI is InChI=1S/C17H19N5O2/c1-5-13-6-7-14(24-13)16(23)20-15-9-12(4)21-22(15)17-18-10(2)8-11(3)19-17/h6-9H,5H2,1-4H3,(H,20,23). The molecule has 7 nitrogen and oxygen atoms in total. The van der Waals surface area contributed by atoms with Crippen molar-refractivity contribution in [1.82, 2.24) is 19.7 Å². The molecule has 0 spiro atoms. The maximum absolute atomic E-state index is 12.4. The number of hydrogen-bond acceptors (Lipinski definition) is 5. The lowest BCUT2D eigenvalue weighted by molar-refractivity contribution is 0.0994. The van der Waals surface area contributed by atoms with E-state index in [0.717, 1.165) is 29.3 Å². The van der Waals surface area contributed by atoms with Gasteiger partial charge < -0.3 is 9.73 Å². The molecule has 0 saturated carbocycles. The van der Waals surface area contributed by atoms with Crippen LogP contribution >= 0.6 is 0 Å². The average Bonchev–Trinajstić information content (AvgIpc) is 3.12. The predicted molar refractivity (Wildman–Crippen MR) is 89.4 cm³/mol. The largest absolute Gasteiger partial charge is 0.456 e. The van der Waals surface area contributed by atoms with Crippen LogP contribution in [0.4, 0.5) is 5.82 Å². The molecule has 0 saturated heterocycles. The van der Waals surface area contributed by atoms with Gasteiger partial charge in [-0.3, -0.25) is 4.79 Å². The van der Waals surface area contributed by atoms with Crippen molar-refractivity contribution >= 4 is 11.7 Å². The highest BCUT2D eigenvalue weighted by Gasteiger charge is 2.16. The first-order chi connectivity index (χ1) is 11.5. The Hall–Kier alpha value is -2.96. The Kier molecular flexibility index (Phi) is 4.16. The summed E-state index contributed by atoms with van der Waals surface area (Å²) in [7, 11) is 0. The Morgan fingerprint density at radius 3 is 2.46 bits per heavy atom. The van der Waals surface area contributed by atoms with E-state index in [1.165, 1.54) is 4.68 Å². The van der Waals surface area contributed by atoms with Gasteiger partial charge in [0.05, 0.1) is 5.69 Å². The van der Waals surface area contributed by atoms with Crippen molar-refractivity contribution in [2.75, 3.05) is 5.32 Å². The van der Waals surface area contributed by atoms with E-state index >= 15 is 0 Å². The van der Waals surface area contributed by atoms with Gasteiger partial charge in [-0.1, -0.05) is 6.92 Å². The van der Waals surface area contributed by atoms with E-state index in [1.807, 2.05) is 33.8 Å². The number of aromatic nitrogens is 4. The van der Waals surface area contributed by atoms with Crippen LogP contribution in [0.3, 0.4) is 0 Å². The van der Waals surface area contributed by atoms with Gasteiger partial charge in [0.25, 0.3) is 11.9 Å². The molecule has 0 aliphatic carbocycles. The van der Waals surface area contributed by atoms with Gasteiger partial charge >= 0.3 is 0 Å².